The summed E-state index contributed by atoms with van der Waals surface area (Å²) in [6.45, 7) is 2.60. The summed E-state index contributed by atoms with van der Waals surface area (Å²) < 4.78 is 33.5. The van der Waals surface area contributed by atoms with Gasteiger partial charge >= 0.3 is 0 Å². The van der Waals surface area contributed by atoms with Crippen molar-refractivity contribution in [3.8, 4) is 11.4 Å². The molecule has 0 bridgehead atoms. The molecule has 142 valence electrons. The van der Waals surface area contributed by atoms with Crippen LogP contribution in [0.15, 0.2) is 50.5 Å². The van der Waals surface area contributed by atoms with E-state index in [0.717, 1.165) is 5.56 Å². The van der Waals surface area contributed by atoms with E-state index in [1.54, 1.807) is 17.5 Å². The van der Waals surface area contributed by atoms with Crippen LogP contribution < -0.4 is 4.72 Å². The number of rotatable bonds is 5. The zero-order valence-electron chi connectivity index (χ0n) is 15.0. The molecule has 1 aliphatic heterocycles. The maximum Gasteiger partial charge on any atom is 0.250 e. The van der Waals surface area contributed by atoms with Gasteiger partial charge in [0.05, 0.1) is 6.04 Å². The van der Waals surface area contributed by atoms with Crippen LogP contribution in [0.5, 0.6) is 0 Å². The Morgan fingerprint density at radius 2 is 2.04 bits per heavy atom. The van der Waals surface area contributed by atoms with E-state index in [-0.39, 0.29) is 12.1 Å². The van der Waals surface area contributed by atoms with E-state index in [2.05, 4.69) is 14.9 Å². The molecule has 1 saturated heterocycles. The predicted molar refractivity (Wildman–Crippen MR) is 103 cm³/mol. The first-order valence-electron chi connectivity index (χ1n) is 8.59. The maximum absolute atomic E-state index is 12.4. The lowest BCUT2D eigenvalue weighted by Gasteiger charge is -2.14. The van der Waals surface area contributed by atoms with Crippen LogP contribution in [0, 0.1) is 6.92 Å². The van der Waals surface area contributed by atoms with E-state index < -0.39 is 10.0 Å². The fourth-order valence-corrected chi connectivity index (χ4v) is 5.51. The van der Waals surface area contributed by atoms with Gasteiger partial charge in [-0.05, 0) is 31.8 Å². The van der Waals surface area contributed by atoms with Gasteiger partial charge in [0.1, 0.15) is 4.21 Å². The predicted octanol–water partition coefficient (Wildman–Crippen LogP) is 2.83. The number of sulfonamides is 1. The van der Waals surface area contributed by atoms with Gasteiger partial charge in [-0.1, -0.05) is 41.1 Å². The van der Waals surface area contributed by atoms with Crippen molar-refractivity contribution >= 4 is 21.4 Å². The summed E-state index contributed by atoms with van der Waals surface area (Å²) in [6, 6.07) is 10.9. The maximum atomic E-state index is 12.4. The molecule has 0 spiro atoms. The number of thiophene rings is 1. The first-order valence-corrected chi connectivity index (χ1v) is 11.0. The molecular formula is C18H20N4O3S2. The largest absolute Gasteiger partial charge is 0.337 e. The third-order valence-electron chi connectivity index (χ3n) is 4.67. The fraction of sp³-hybridized carbons (Fsp3) is 0.333. The molecule has 1 N–H and O–H groups in total. The van der Waals surface area contributed by atoms with Gasteiger partial charge in [0.25, 0.3) is 0 Å². The standard InChI is InChI=1S/C18H20N4O3S2/c1-12-5-7-13(8-6-12)17-19-18(25-20-17)15-10-14(11-22(15)2)21-27(23,24)16-4-3-9-26-16/h3-9,14-15,21H,10-11H2,1-2H3/t14-,15-/m0/s1. The van der Waals surface area contributed by atoms with E-state index in [4.69, 9.17) is 4.52 Å². The highest BCUT2D eigenvalue weighted by atomic mass is 32.2. The third-order valence-corrected chi connectivity index (χ3v) is 7.58. The summed E-state index contributed by atoms with van der Waals surface area (Å²) in [5.74, 6) is 1.05. The Bertz CT molecular complexity index is 1010. The van der Waals surface area contributed by atoms with Gasteiger partial charge in [0, 0.05) is 18.2 Å². The molecule has 27 heavy (non-hydrogen) atoms. The molecule has 1 aromatic carbocycles. The lowest BCUT2D eigenvalue weighted by molar-refractivity contribution is 0.244. The molecular weight excluding hydrogens is 384 g/mol. The molecule has 1 aliphatic rings. The van der Waals surface area contributed by atoms with E-state index >= 15 is 0 Å². The van der Waals surface area contributed by atoms with Crippen LogP contribution in [0.4, 0.5) is 0 Å². The normalized spacial score (nSPS) is 21.0. The molecule has 3 aromatic rings. The Labute approximate surface area is 162 Å². The molecule has 9 heteroatoms. The highest BCUT2D eigenvalue weighted by molar-refractivity contribution is 7.91. The minimum absolute atomic E-state index is 0.118. The van der Waals surface area contributed by atoms with E-state index in [1.807, 2.05) is 43.1 Å². The van der Waals surface area contributed by atoms with Crippen LogP contribution in [0.25, 0.3) is 11.4 Å². The highest BCUT2D eigenvalue weighted by Gasteiger charge is 2.36. The summed E-state index contributed by atoms with van der Waals surface area (Å²) >= 11 is 1.21. The van der Waals surface area contributed by atoms with E-state index in [9.17, 15) is 8.42 Å². The van der Waals surface area contributed by atoms with Gasteiger partial charge in [-0.2, -0.15) is 4.98 Å². The number of aryl methyl sites for hydroxylation is 1. The van der Waals surface area contributed by atoms with Crippen LogP contribution in [-0.2, 0) is 10.0 Å². The molecule has 2 atom stereocenters. The van der Waals surface area contributed by atoms with Gasteiger partial charge in [-0.3, -0.25) is 4.90 Å². The van der Waals surface area contributed by atoms with Crippen molar-refractivity contribution < 1.29 is 12.9 Å². The van der Waals surface area contributed by atoms with Crippen molar-refractivity contribution in [2.45, 2.75) is 29.6 Å². The zero-order valence-corrected chi connectivity index (χ0v) is 16.6. The third kappa shape index (κ3) is 3.81. The van der Waals surface area contributed by atoms with Crippen LogP contribution >= 0.6 is 11.3 Å². The van der Waals surface area contributed by atoms with Crippen molar-refractivity contribution in [2.24, 2.45) is 0 Å². The molecule has 4 rings (SSSR count). The molecule has 0 saturated carbocycles. The molecule has 3 heterocycles. The van der Waals surface area contributed by atoms with Crippen molar-refractivity contribution in [3.63, 3.8) is 0 Å². The summed E-state index contributed by atoms with van der Waals surface area (Å²) in [6.07, 6.45) is 0.580. The lowest BCUT2D eigenvalue weighted by Crippen LogP contribution is -2.36. The quantitative estimate of drug-likeness (QED) is 0.703. The smallest absolute Gasteiger partial charge is 0.250 e. The second kappa shape index (κ2) is 7.16. The summed E-state index contributed by atoms with van der Waals surface area (Å²) in [4.78, 5) is 6.56. The Kier molecular flexibility index (Phi) is 4.85. The number of likely N-dealkylation sites (N-methyl/N-ethyl adjacent to an activating group) is 1. The monoisotopic (exact) mass is 404 g/mol. The van der Waals surface area contributed by atoms with Gasteiger partial charge in [-0.25, -0.2) is 13.1 Å². The van der Waals surface area contributed by atoms with Crippen LogP contribution in [-0.4, -0.2) is 43.1 Å². The minimum Gasteiger partial charge on any atom is -0.337 e. The Morgan fingerprint density at radius 3 is 2.74 bits per heavy atom. The topological polar surface area (TPSA) is 88.3 Å². The Hall–Kier alpha value is -2.07. The van der Waals surface area contributed by atoms with Gasteiger partial charge in [0.2, 0.25) is 21.7 Å². The molecule has 0 aliphatic carbocycles. The second-order valence-corrected chi connectivity index (χ2v) is 9.65. The lowest BCUT2D eigenvalue weighted by atomic mass is 10.1. The van der Waals surface area contributed by atoms with Gasteiger partial charge in [-0.15, -0.1) is 11.3 Å². The Morgan fingerprint density at radius 1 is 1.26 bits per heavy atom. The van der Waals surface area contributed by atoms with Crippen molar-refractivity contribution in [1.29, 1.82) is 0 Å². The Balaban J connectivity index is 1.48. The number of hydrogen-bond acceptors (Lipinski definition) is 7. The van der Waals surface area contributed by atoms with Crippen molar-refractivity contribution in [3.05, 3.63) is 53.2 Å². The summed E-state index contributed by atoms with van der Waals surface area (Å²) in [5.41, 5.74) is 2.06. The van der Waals surface area contributed by atoms with Gasteiger partial charge < -0.3 is 4.52 Å². The van der Waals surface area contributed by atoms with Crippen molar-refractivity contribution in [1.82, 2.24) is 19.8 Å². The summed E-state index contributed by atoms with van der Waals surface area (Å²) in [7, 11) is -1.57. The van der Waals surface area contributed by atoms with E-state index in [1.165, 1.54) is 16.9 Å². The molecule has 0 unspecified atom stereocenters. The fourth-order valence-electron chi connectivity index (χ4n) is 3.26. The number of nitrogens with one attached hydrogen (secondary N) is 1. The SMILES string of the molecule is Cc1ccc(-c2noc([C@@H]3C[C@H](NS(=O)(=O)c4cccs4)CN3C)n2)cc1. The first-order chi connectivity index (χ1) is 12.9. The molecule has 0 radical (unpaired) electrons. The minimum atomic E-state index is -3.50. The number of aromatic nitrogens is 2. The second-order valence-electron chi connectivity index (χ2n) is 6.76. The molecule has 0 amide bonds. The number of benzene rings is 1. The average Bonchev–Trinajstić information content (AvgIpc) is 3.35. The number of nitrogens with zero attached hydrogens (tertiary/aromatic N) is 3. The molecule has 1 fully saturated rings. The average molecular weight is 405 g/mol. The first kappa shape index (κ1) is 18.3. The van der Waals surface area contributed by atoms with Crippen LogP contribution in [0.3, 0.4) is 0 Å². The highest BCUT2D eigenvalue weighted by Crippen LogP contribution is 2.32. The summed E-state index contributed by atoms with van der Waals surface area (Å²) in [5, 5.41) is 5.84. The molecule has 2 aromatic heterocycles. The van der Waals surface area contributed by atoms with Crippen LogP contribution in [0.1, 0.15) is 23.9 Å². The zero-order chi connectivity index (χ0) is 19.0. The molecule has 7 nitrogen and oxygen atoms in total. The van der Waals surface area contributed by atoms with Crippen LogP contribution in [0.2, 0.25) is 0 Å². The number of likely N-dealkylation sites (tertiary alicyclic amines) is 1. The van der Waals surface area contributed by atoms with E-state index in [0.29, 0.717) is 28.9 Å². The van der Waals surface area contributed by atoms with Crippen molar-refractivity contribution in [2.75, 3.05) is 13.6 Å². The van der Waals surface area contributed by atoms with Gasteiger partial charge in [0.15, 0.2) is 0 Å². The number of hydrogen-bond donors (Lipinski definition) is 1.